The molecule has 3 heteroatoms. The van der Waals surface area contributed by atoms with E-state index in [0.717, 1.165) is 32.5 Å². The molecule has 0 aromatic heterocycles. The molecule has 1 heterocycles. The van der Waals surface area contributed by atoms with Gasteiger partial charge < -0.3 is 10.6 Å². The van der Waals surface area contributed by atoms with Crippen molar-refractivity contribution in [3.05, 3.63) is 0 Å². The molecule has 1 saturated heterocycles. The molecule has 0 radical (unpaired) electrons. The molecule has 0 bridgehead atoms. The Morgan fingerprint density at radius 2 is 2.38 bits per heavy atom. The quantitative estimate of drug-likeness (QED) is 0.706. The monoisotopic (exact) mass is 184 g/mol. The summed E-state index contributed by atoms with van der Waals surface area (Å²) in [7, 11) is 0. The Kier molecular flexibility index (Phi) is 3.72. The van der Waals surface area contributed by atoms with E-state index in [1.807, 2.05) is 4.90 Å². The fraction of sp³-hybridized carbons (Fsp3) is 0.900. The van der Waals surface area contributed by atoms with Gasteiger partial charge in [0.25, 0.3) is 0 Å². The SMILES string of the molecule is CC(=O)N1CCC(C(C)CCN)C1. The van der Waals surface area contributed by atoms with Crippen LogP contribution in [0, 0.1) is 11.8 Å². The van der Waals surface area contributed by atoms with Gasteiger partial charge in [-0.25, -0.2) is 0 Å². The second kappa shape index (κ2) is 4.61. The lowest BCUT2D eigenvalue weighted by atomic mass is 9.91. The summed E-state index contributed by atoms with van der Waals surface area (Å²) in [4.78, 5) is 13.0. The van der Waals surface area contributed by atoms with E-state index in [4.69, 9.17) is 5.73 Å². The fourth-order valence-corrected chi connectivity index (χ4v) is 2.04. The Balaban J connectivity index is 2.35. The van der Waals surface area contributed by atoms with Crippen molar-refractivity contribution in [3.63, 3.8) is 0 Å². The lowest BCUT2D eigenvalue weighted by Crippen LogP contribution is -2.27. The Labute approximate surface area is 80.3 Å². The maximum Gasteiger partial charge on any atom is 0.219 e. The summed E-state index contributed by atoms with van der Waals surface area (Å²) < 4.78 is 0. The standard InChI is InChI=1S/C10H20N2O/c1-8(3-5-11)10-4-6-12(7-10)9(2)13/h8,10H,3-7,11H2,1-2H3. The largest absolute Gasteiger partial charge is 0.343 e. The van der Waals surface area contributed by atoms with Crippen LogP contribution in [0.3, 0.4) is 0 Å². The molecule has 0 spiro atoms. The molecule has 1 aliphatic heterocycles. The van der Waals surface area contributed by atoms with Crippen molar-refractivity contribution >= 4 is 5.91 Å². The van der Waals surface area contributed by atoms with Crippen molar-refractivity contribution < 1.29 is 4.79 Å². The van der Waals surface area contributed by atoms with Crippen LogP contribution >= 0.6 is 0 Å². The number of rotatable bonds is 3. The molecular formula is C10H20N2O. The highest BCUT2D eigenvalue weighted by Gasteiger charge is 2.27. The van der Waals surface area contributed by atoms with Gasteiger partial charge in [-0.05, 0) is 31.2 Å². The smallest absolute Gasteiger partial charge is 0.219 e. The number of carbonyl (C=O) groups excluding carboxylic acids is 1. The van der Waals surface area contributed by atoms with E-state index in [0.29, 0.717) is 11.8 Å². The zero-order valence-corrected chi connectivity index (χ0v) is 8.62. The minimum Gasteiger partial charge on any atom is -0.343 e. The third-order valence-corrected chi connectivity index (χ3v) is 3.10. The van der Waals surface area contributed by atoms with Gasteiger partial charge in [0.05, 0.1) is 0 Å². The number of likely N-dealkylation sites (tertiary alicyclic amines) is 1. The molecule has 1 rings (SSSR count). The summed E-state index contributed by atoms with van der Waals surface area (Å²) >= 11 is 0. The first-order valence-electron chi connectivity index (χ1n) is 5.10. The van der Waals surface area contributed by atoms with Gasteiger partial charge in [-0.2, -0.15) is 0 Å². The van der Waals surface area contributed by atoms with Crippen LogP contribution < -0.4 is 5.73 Å². The molecule has 1 amide bonds. The lowest BCUT2D eigenvalue weighted by Gasteiger charge is -2.19. The summed E-state index contributed by atoms with van der Waals surface area (Å²) in [6, 6.07) is 0. The minimum atomic E-state index is 0.211. The van der Waals surface area contributed by atoms with E-state index in [1.54, 1.807) is 6.92 Å². The first-order valence-corrected chi connectivity index (χ1v) is 5.10. The highest BCUT2D eigenvalue weighted by Crippen LogP contribution is 2.25. The number of hydrogen-bond acceptors (Lipinski definition) is 2. The molecule has 0 aliphatic carbocycles. The van der Waals surface area contributed by atoms with E-state index in [2.05, 4.69) is 6.92 Å². The molecule has 2 N–H and O–H groups in total. The zero-order chi connectivity index (χ0) is 9.84. The first kappa shape index (κ1) is 10.5. The molecule has 13 heavy (non-hydrogen) atoms. The van der Waals surface area contributed by atoms with E-state index in [9.17, 15) is 4.79 Å². The average molecular weight is 184 g/mol. The third-order valence-electron chi connectivity index (χ3n) is 3.10. The summed E-state index contributed by atoms with van der Waals surface area (Å²) in [6.07, 6.45) is 2.23. The predicted molar refractivity (Wildman–Crippen MR) is 53.2 cm³/mol. The lowest BCUT2D eigenvalue weighted by molar-refractivity contribution is -0.127. The molecule has 2 unspecified atom stereocenters. The number of nitrogens with zero attached hydrogens (tertiary/aromatic N) is 1. The second-order valence-electron chi connectivity index (χ2n) is 4.07. The van der Waals surface area contributed by atoms with E-state index in [1.165, 1.54) is 0 Å². The highest BCUT2D eigenvalue weighted by molar-refractivity contribution is 5.73. The van der Waals surface area contributed by atoms with E-state index >= 15 is 0 Å². The van der Waals surface area contributed by atoms with Gasteiger partial charge in [0, 0.05) is 20.0 Å². The first-order chi connectivity index (χ1) is 6.15. The molecule has 3 nitrogen and oxygen atoms in total. The summed E-state index contributed by atoms with van der Waals surface area (Å²) in [5, 5.41) is 0. The van der Waals surface area contributed by atoms with E-state index < -0.39 is 0 Å². The van der Waals surface area contributed by atoms with Gasteiger partial charge in [-0.3, -0.25) is 4.79 Å². The predicted octanol–water partition coefficient (Wildman–Crippen LogP) is 0.840. The van der Waals surface area contributed by atoms with Gasteiger partial charge in [0.2, 0.25) is 5.91 Å². The third kappa shape index (κ3) is 2.69. The Hall–Kier alpha value is -0.570. The number of hydrogen-bond donors (Lipinski definition) is 1. The van der Waals surface area contributed by atoms with Gasteiger partial charge >= 0.3 is 0 Å². The topological polar surface area (TPSA) is 46.3 Å². The van der Waals surface area contributed by atoms with Crippen molar-refractivity contribution in [2.24, 2.45) is 17.6 Å². The Morgan fingerprint density at radius 3 is 2.85 bits per heavy atom. The molecule has 1 fully saturated rings. The molecular weight excluding hydrogens is 164 g/mol. The van der Waals surface area contributed by atoms with Crippen LogP contribution in [0.5, 0.6) is 0 Å². The molecule has 0 aromatic carbocycles. The maximum atomic E-state index is 11.1. The average Bonchev–Trinajstić information content (AvgIpc) is 2.52. The van der Waals surface area contributed by atoms with Crippen molar-refractivity contribution in [1.82, 2.24) is 4.90 Å². The Bertz CT molecular complexity index is 182. The van der Waals surface area contributed by atoms with Gasteiger partial charge in [0.1, 0.15) is 0 Å². The van der Waals surface area contributed by atoms with Crippen LogP contribution in [0.25, 0.3) is 0 Å². The fourth-order valence-electron chi connectivity index (χ4n) is 2.04. The van der Waals surface area contributed by atoms with Gasteiger partial charge in [0.15, 0.2) is 0 Å². The van der Waals surface area contributed by atoms with Crippen LogP contribution in [-0.2, 0) is 4.79 Å². The van der Waals surface area contributed by atoms with Crippen molar-refractivity contribution in [1.29, 1.82) is 0 Å². The van der Waals surface area contributed by atoms with Crippen molar-refractivity contribution in [2.75, 3.05) is 19.6 Å². The molecule has 1 aliphatic rings. The van der Waals surface area contributed by atoms with E-state index in [-0.39, 0.29) is 5.91 Å². The number of carbonyl (C=O) groups is 1. The van der Waals surface area contributed by atoms with Crippen LogP contribution in [-0.4, -0.2) is 30.4 Å². The summed E-state index contributed by atoms with van der Waals surface area (Å²) in [6.45, 7) is 6.53. The zero-order valence-electron chi connectivity index (χ0n) is 8.62. The second-order valence-corrected chi connectivity index (χ2v) is 4.07. The maximum absolute atomic E-state index is 11.1. The van der Waals surface area contributed by atoms with Gasteiger partial charge in [-0.1, -0.05) is 6.92 Å². The normalized spacial score (nSPS) is 24.8. The minimum absolute atomic E-state index is 0.211. The summed E-state index contributed by atoms with van der Waals surface area (Å²) in [5.74, 6) is 1.55. The van der Waals surface area contributed by atoms with Gasteiger partial charge in [-0.15, -0.1) is 0 Å². The van der Waals surface area contributed by atoms with Crippen molar-refractivity contribution in [3.8, 4) is 0 Å². The highest BCUT2D eigenvalue weighted by atomic mass is 16.2. The van der Waals surface area contributed by atoms with Crippen LogP contribution in [0.15, 0.2) is 0 Å². The molecule has 2 atom stereocenters. The molecule has 0 aromatic rings. The van der Waals surface area contributed by atoms with Crippen molar-refractivity contribution in [2.45, 2.75) is 26.7 Å². The number of amides is 1. The Morgan fingerprint density at radius 1 is 1.69 bits per heavy atom. The van der Waals surface area contributed by atoms with Crippen LogP contribution in [0.2, 0.25) is 0 Å². The number of nitrogens with two attached hydrogens (primary N) is 1. The summed E-state index contributed by atoms with van der Waals surface area (Å²) in [5.41, 5.74) is 5.51. The van der Waals surface area contributed by atoms with Crippen LogP contribution in [0.1, 0.15) is 26.7 Å². The molecule has 0 saturated carbocycles. The van der Waals surface area contributed by atoms with Crippen LogP contribution in [0.4, 0.5) is 0 Å². The molecule has 76 valence electrons.